The number of thiophene rings is 2. The third kappa shape index (κ3) is 9.54. The number of rotatable bonds is 4. The molecule has 4 aliphatic rings. The maximum absolute atomic E-state index is 11.6. The van der Waals surface area contributed by atoms with Crippen molar-refractivity contribution >= 4 is 51.8 Å². The van der Waals surface area contributed by atoms with Crippen molar-refractivity contribution in [3.63, 3.8) is 0 Å². The summed E-state index contributed by atoms with van der Waals surface area (Å²) in [5.74, 6) is -1.01. The molecule has 228 valence electrons. The van der Waals surface area contributed by atoms with Crippen LogP contribution in [-0.4, -0.2) is 76.0 Å². The molecular formula is C28H39KN2O9S2. The van der Waals surface area contributed by atoms with Crippen LogP contribution in [0.5, 0.6) is 0 Å². The van der Waals surface area contributed by atoms with Gasteiger partial charge in [-0.3, -0.25) is 4.79 Å². The van der Waals surface area contributed by atoms with Gasteiger partial charge in [0.05, 0.1) is 52.0 Å². The molecule has 2 aliphatic heterocycles. The number of esters is 2. The normalized spacial score (nSPS) is 20.5. The Bertz CT molecular complexity index is 1160. The molecule has 4 heterocycles. The molecule has 2 aromatic rings. The van der Waals surface area contributed by atoms with E-state index in [1.165, 1.54) is 36.9 Å². The number of carbonyl (C=O) groups is 3. The molecule has 2 saturated carbocycles. The van der Waals surface area contributed by atoms with Crippen molar-refractivity contribution in [2.75, 3.05) is 51.7 Å². The molecular weight excluding hydrogens is 612 g/mol. The minimum Gasteiger partial charge on any atom is -1.00 e. The molecule has 0 atom stereocenters. The van der Waals surface area contributed by atoms with Gasteiger partial charge in [-0.05, 0) is 35.7 Å². The third-order valence-corrected chi connectivity index (χ3v) is 9.21. The van der Waals surface area contributed by atoms with E-state index in [9.17, 15) is 14.4 Å². The second kappa shape index (κ2) is 17.0. The van der Waals surface area contributed by atoms with Crippen LogP contribution >= 0.6 is 22.7 Å². The van der Waals surface area contributed by atoms with Crippen molar-refractivity contribution < 1.29 is 95.6 Å². The molecule has 0 amide bonds. The van der Waals surface area contributed by atoms with Crippen molar-refractivity contribution in [3.8, 4) is 0 Å². The van der Waals surface area contributed by atoms with Gasteiger partial charge in [0.1, 0.15) is 15.5 Å². The molecule has 3 N–H and O–H groups in total. The molecule has 0 aromatic carbocycles. The van der Waals surface area contributed by atoms with Crippen molar-refractivity contribution in [2.24, 2.45) is 0 Å². The second-order valence-electron chi connectivity index (χ2n) is 10.0. The quantitative estimate of drug-likeness (QED) is 0.369. The zero-order valence-corrected chi connectivity index (χ0v) is 29.2. The van der Waals surface area contributed by atoms with Gasteiger partial charge in [0, 0.05) is 44.6 Å². The number of methoxy groups -OCH3 is 2. The molecule has 0 bridgehead atoms. The second-order valence-corrected chi connectivity index (χ2v) is 11.9. The Hall–Kier alpha value is -0.914. The van der Waals surface area contributed by atoms with E-state index in [0.29, 0.717) is 66.5 Å². The van der Waals surface area contributed by atoms with Gasteiger partial charge < -0.3 is 40.9 Å². The largest absolute Gasteiger partial charge is 1.00 e. The van der Waals surface area contributed by atoms with Crippen LogP contribution in [0.2, 0.25) is 0 Å². The van der Waals surface area contributed by atoms with E-state index < -0.39 is 0 Å². The predicted molar refractivity (Wildman–Crippen MR) is 155 cm³/mol. The molecule has 6 rings (SSSR count). The molecule has 0 radical (unpaired) electrons. The van der Waals surface area contributed by atoms with Crippen molar-refractivity contribution in [1.29, 1.82) is 0 Å². The number of ketones is 1. The summed E-state index contributed by atoms with van der Waals surface area (Å²) >= 11 is 2.69. The Morgan fingerprint density at radius 2 is 1.33 bits per heavy atom. The van der Waals surface area contributed by atoms with Crippen molar-refractivity contribution in [3.05, 3.63) is 32.6 Å². The molecule has 14 heteroatoms. The average molecular weight is 651 g/mol. The summed E-state index contributed by atoms with van der Waals surface area (Å²) in [5, 5.41) is 7.11. The van der Waals surface area contributed by atoms with Crippen LogP contribution < -0.4 is 62.4 Å². The first-order valence-electron chi connectivity index (χ1n) is 13.7. The third-order valence-electron chi connectivity index (χ3n) is 7.41. The number of nitrogen functional groups attached to an aromatic ring is 1. The summed E-state index contributed by atoms with van der Waals surface area (Å²) in [4.78, 5) is 34.5. The summed E-state index contributed by atoms with van der Waals surface area (Å²) in [7, 11) is 2.74. The van der Waals surface area contributed by atoms with Gasteiger partial charge in [0.15, 0.2) is 11.6 Å². The van der Waals surface area contributed by atoms with Crippen LogP contribution in [0, 0.1) is 0 Å². The first kappa shape index (κ1) is 35.6. The van der Waals surface area contributed by atoms with Crippen molar-refractivity contribution in [2.45, 2.75) is 69.0 Å². The number of nitrogens with two attached hydrogens (primary N) is 1. The van der Waals surface area contributed by atoms with E-state index in [1.54, 1.807) is 11.4 Å². The number of hydrogen-bond donors (Lipinski definition) is 2. The van der Waals surface area contributed by atoms with E-state index in [-0.39, 0.29) is 76.3 Å². The smallest absolute Gasteiger partial charge is 1.00 e. The Balaban J connectivity index is 0.000000240. The summed E-state index contributed by atoms with van der Waals surface area (Å²) in [6.45, 7) is 2.78. The fourth-order valence-electron chi connectivity index (χ4n) is 5.15. The van der Waals surface area contributed by atoms with Crippen LogP contribution in [0.3, 0.4) is 0 Å². The van der Waals surface area contributed by atoms with Gasteiger partial charge in [-0.25, -0.2) is 9.59 Å². The van der Waals surface area contributed by atoms with Crippen LogP contribution in [0.25, 0.3) is 0 Å². The van der Waals surface area contributed by atoms with E-state index in [1.807, 2.05) is 11.4 Å². The fraction of sp³-hybridized carbons (Fsp3) is 0.607. The molecule has 2 spiro atoms. The van der Waals surface area contributed by atoms with Gasteiger partial charge in [-0.1, -0.05) is 0 Å². The van der Waals surface area contributed by atoms with Gasteiger partial charge >= 0.3 is 63.3 Å². The average Bonchev–Trinajstić information content (AvgIpc) is 3.81. The molecule has 2 aliphatic carbocycles. The van der Waals surface area contributed by atoms with E-state index in [4.69, 9.17) is 29.4 Å². The first-order chi connectivity index (χ1) is 19.8. The monoisotopic (exact) mass is 650 g/mol. The number of hydrogen-bond acceptors (Lipinski definition) is 13. The van der Waals surface area contributed by atoms with Gasteiger partial charge in [-0.15, -0.1) is 22.7 Å². The molecule has 2 saturated heterocycles. The summed E-state index contributed by atoms with van der Waals surface area (Å²) in [6.07, 6.45) is 6.54. The van der Waals surface area contributed by atoms with Crippen LogP contribution in [0.1, 0.15) is 72.1 Å². The van der Waals surface area contributed by atoms with Gasteiger partial charge in [-0.2, -0.15) is 0 Å². The first-order valence-corrected chi connectivity index (χ1v) is 15.5. The van der Waals surface area contributed by atoms with E-state index in [0.717, 1.165) is 44.2 Å². The maximum Gasteiger partial charge on any atom is 1.00 e. The Kier molecular flexibility index (Phi) is 14.4. The topological polar surface area (TPSA) is 145 Å². The van der Waals surface area contributed by atoms with Crippen LogP contribution in [-0.2, 0) is 33.2 Å². The Labute approximate surface area is 298 Å². The minimum absolute atomic E-state index is 0. The predicted octanol–water partition coefficient (Wildman–Crippen LogP) is 1.74. The van der Waals surface area contributed by atoms with Crippen molar-refractivity contribution in [1.82, 2.24) is 0 Å². The standard InChI is InChI=1S/C14H19NO4S.C8H12O3.C6H7NO2S.K.H/c1-17-13(16)12-11(4-9-20-12)15-10-2-5-14(6-3-10)18-7-8-19-14;9-7-1-3-8(4-2-7)10-5-6-11-8;1-9-6(8)5-4(7)2-3-10-5;;/h4,9-10,15H,2-3,5-8H2,1H3;1-6H2;2-3H,7H2,1H3;;/q;;;+1;-1. The van der Waals surface area contributed by atoms with Crippen LogP contribution in [0.15, 0.2) is 22.9 Å². The molecule has 2 aromatic heterocycles. The van der Waals surface area contributed by atoms with E-state index >= 15 is 0 Å². The van der Waals surface area contributed by atoms with Gasteiger partial charge in [0.25, 0.3) is 0 Å². The molecule has 0 unspecified atom stereocenters. The Morgan fingerprint density at radius 1 is 0.857 bits per heavy atom. The van der Waals surface area contributed by atoms with E-state index in [2.05, 4.69) is 10.1 Å². The minimum atomic E-state index is -0.368. The SMILES string of the molecule is COC(=O)c1sccc1N.COC(=O)c1sccc1NC1CCC2(CC1)OCCO2.O=C1CCC2(CC1)OCCO2.[H-].[K+]. The number of carbonyl (C=O) groups excluding carboxylic acids is 3. The van der Waals surface area contributed by atoms with Gasteiger partial charge in [0.2, 0.25) is 0 Å². The molecule has 11 nitrogen and oxygen atoms in total. The maximum atomic E-state index is 11.6. The molecule has 4 fully saturated rings. The number of ether oxygens (including phenoxy) is 6. The summed E-state index contributed by atoms with van der Waals surface area (Å²) in [6, 6.07) is 3.97. The van der Waals surface area contributed by atoms with Crippen LogP contribution in [0.4, 0.5) is 11.4 Å². The zero-order valence-electron chi connectivity index (χ0n) is 25.4. The summed E-state index contributed by atoms with van der Waals surface area (Å²) < 4.78 is 31.6. The Morgan fingerprint density at radius 3 is 1.83 bits per heavy atom. The fourth-order valence-corrected chi connectivity index (χ4v) is 6.66. The summed E-state index contributed by atoms with van der Waals surface area (Å²) in [5.41, 5.74) is 6.78. The number of Topliss-reactive ketones (excluding diaryl/α,β-unsaturated/α-hetero) is 1. The number of nitrogens with one attached hydrogen (secondary N) is 1. The molecule has 42 heavy (non-hydrogen) atoms. The zero-order chi connectivity index (χ0) is 29.3. The number of anilines is 2.